The molecule has 0 aromatic rings. The van der Waals surface area contributed by atoms with Gasteiger partial charge in [0, 0.05) is 14.2 Å². The highest BCUT2D eigenvalue weighted by molar-refractivity contribution is 6.54. The van der Waals surface area contributed by atoms with E-state index in [-0.39, 0.29) is 0 Å². The van der Waals surface area contributed by atoms with Gasteiger partial charge in [-0.05, 0) is 31.0 Å². The van der Waals surface area contributed by atoms with E-state index in [1.54, 1.807) is 14.2 Å². The molecule has 12 heavy (non-hydrogen) atoms. The molecule has 0 fully saturated rings. The van der Waals surface area contributed by atoms with Crippen molar-refractivity contribution in [2.45, 2.75) is 20.3 Å². The van der Waals surface area contributed by atoms with Gasteiger partial charge in [0.05, 0.1) is 0 Å². The Hall–Kier alpha value is -0.383. The largest absolute Gasteiger partial charge is 0.397 e. The Morgan fingerprint density at radius 1 is 1.25 bits per heavy atom. The fourth-order valence-corrected chi connectivity index (χ4v) is 3.13. The van der Waals surface area contributed by atoms with Crippen molar-refractivity contribution in [3.05, 3.63) is 22.4 Å². The lowest BCUT2D eigenvalue weighted by atomic mass is 10.2. The second kappa shape index (κ2) is 4.03. The molecule has 0 radical (unpaired) electrons. The van der Waals surface area contributed by atoms with Crippen LogP contribution in [0, 0.1) is 0 Å². The summed E-state index contributed by atoms with van der Waals surface area (Å²) >= 11 is 0. The fourth-order valence-electron chi connectivity index (χ4n) is 1.48. The van der Waals surface area contributed by atoms with Crippen LogP contribution in [-0.2, 0) is 8.85 Å². The lowest BCUT2D eigenvalue weighted by Gasteiger charge is -2.13. The molecule has 0 atom stereocenters. The Bertz CT molecular complexity index is 227. The highest BCUT2D eigenvalue weighted by Crippen LogP contribution is 2.27. The molecule has 68 valence electrons. The quantitative estimate of drug-likeness (QED) is 0.622. The van der Waals surface area contributed by atoms with E-state index in [2.05, 4.69) is 19.9 Å². The van der Waals surface area contributed by atoms with Gasteiger partial charge in [-0.15, -0.1) is 0 Å². The first kappa shape index (κ1) is 9.70. The third-order valence-electron chi connectivity index (χ3n) is 2.41. The smallest absolute Gasteiger partial charge is 0.351 e. The van der Waals surface area contributed by atoms with Gasteiger partial charge in [-0.3, -0.25) is 0 Å². The molecule has 0 amide bonds. The van der Waals surface area contributed by atoms with E-state index in [0.717, 1.165) is 6.42 Å². The van der Waals surface area contributed by atoms with Crippen molar-refractivity contribution in [2.75, 3.05) is 14.2 Å². The van der Waals surface area contributed by atoms with Crippen LogP contribution in [0.5, 0.6) is 0 Å². The zero-order valence-corrected chi connectivity index (χ0v) is 9.33. The maximum absolute atomic E-state index is 5.33. The fraction of sp³-hybridized carbons (Fsp3) is 0.556. The molecule has 0 unspecified atom stereocenters. The van der Waals surface area contributed by atoms with Crippen molar-refractivity contribution in [3.63, 3.8) is 0 Å². The second-order valence-corrected chi connectivity index (χ2v) is 5.35. The molecule has 1 rings (SSSR count). The molecule has 0 saturated carbocycles. The van der Waals surface area contributed by atoms with Gasteiger partial charge in [0.15, 0.2) is 0 Å². The van der Waals surface area contributed by atoms with Gasteiger partial charge in [-0.1, -0.05) is 11.6 Å². The minimum atomic E-state index is -1.51. The average molecular weight is 184 g/mol. The van der Waals surface area contributed by atoms with Gasteiger partial charge in [0.1, 0.15) is 0 Å². The highest BCUT2D eigenvalue weighted by Gasteiger charge is 2.22. The van der Waals surface area contributed by atoms with Crippen molar-refractivity contribution in [3.8, 4) is 0 Å². The lowest BCUT2D eigenvalue weighted by molar-refractivity contribution is 0.286. The van der Waals surface area contributed by atoms with Crippen LogP contribution in [-0.4, -0.2) is 23.5 Å². The molecule has 1 aliphatic rings. The summed E-state index contributed by atoms with van der Waals surface area (Å²) in [4.78, 5) is 0. The summed E-state index contributed by atoms with van der Waals surface area (Å²) in [6, 6.07) is 0. The zero-order chi connectivity index (χ0) is 9.14. The van der Waals surface area contributed by atoms with Crippen LogP contribution in [0.25, 0.3) is 0 Å². The van der Waals surface area contributed by atoms with Gasteiger partial charge >= 0.3 is 9.28 Å². The predicted molar refractivity (Wildman–Crippen MR) is 52.2 cm³/mol. The summed E-state index contributed by atoms with van der Waals surface area (Å²) in [5, 5.41) is 1.39. The maximum atomic E-state index is 5.33. The first-order valence-corrected chi connectivity index (χ1v) is 5.65. The molecule has 0 aromatic carbocycles. The van der Waals surface area contributed by atoms with Crippen LogP contribution in [0.2, 0.25) is 0 Å². The van der Waals surface area contributed by atoms with Crippen molar-refractivity contribution in [2.24, 2.45) is 0 Å². The summed E-state index contributed by atoms with van der Waals surface area (Å²) in [6.07, 6.45) is 3.26. The van der Waals surface area contributed by atoms with E-state index >= 15 is 0 Å². The van der Waals surface area contributed by atoms with E-state index < -0.39 is 9.28 Å². The van der Waals surface area contributed by atoms with Crippen LogP contribution in [0.1, 0.15) is 20.3 Å². The average Bonchev–Trinajstić information content (AvgIpc) is 2.38. The van der Waals surface area contributed by atoms with E-state index in [0.29, 0.717) is 0 Å². The third kappa shape index (κ3) is 1.68. The topological polar surface area (TPSA) is 18.5 Å². The Kier molecular flexibility index (Phi) is 3.26. The Morgan fingerprint density at radius 3 is 2.17 bits per heavy atom. The number of allylic oxidation sites excluding steroid dienone is 4. The SMILES string of the molecule is CO[SiH](OC)C1=C(C)C(C)=CC1. The Morgan fingerprint density at radius 2 is 1.83 bits per heavy atom. The number of hydrogen-bond donors (Lipinski definition) is 0. The zero-order valence-electron chi connectivity index (χ0n) is 8.18. The normalized spacial score (nSPS) is 17.6. The molecule has 0 aliphatic heterocycles. The Labute approximate surface area is 75.7 Å². The number of hydrogen-bond acceptors (Lipinski definition) is 2. The van der Waals surface area contributed by atoms with Crippen molar-refractivity contribution in [1.82, 2.24) is 0 Å². The summed E-state index contributed by atoms with van der Waals surface area (Å²) in [5.74, 6) is 0. The van der Waals surface area contributed by atoms with Crippen LogP contribution < -0.4 is 0 Å². The van der Waals surface area contributed by atoms with Gasteiger partial charge in [0.25, 0.3) is 0 Å². The number of rotatable bonds is 3. The molecular weight excluding hydrogens is 168 g/mol. The summed E-state index contributed by atoms with van der Waals surface area (Å²) in [5.41, 5.74) is 2.74. The van der Waals surface area contributed by atoms with Crippen molar-refractivity contribution < 1.29 is 8.85 Å². The monoisotopic (exact) mass is 184 g/mol. The molecule has 0 aromatic heterocycles. The van der Waals surface area contributed by atoms with Gasteiger partial charge < -0.3 is 8.85 Å². The Balaban J connectivity index is 2.77. The van der Waals surface area contributed by atoms with Gasteiger partial charge in [0.2, 0.25) is 0 Å². The van der Waals surface area contributed by atoms with E-state index in [1.165, 1.54) is 16.3 Å². The van der Waals surface area contributed by atoms with E-state index in [4.69, 9.17) is 8.85 Å². The van der Waals surface area contributed by atoms with Crippen molar-refractivity contribution >= 4 is 9.28 Å². The lowest BCUT2D eigenvalue weighted by Crippen LogP contribution is -2.22. The van der Waals surface area contributed by atoms with Crippen molar-refractivity contribution in [1.29, 1.82) is 0 Å². The molecule has 3 heteroatoms. The second-order valence-electron chi connectivity index (χ2n) is 3.04. The van der Waals surface area contributed by atoms with Crippen LogP contribution in [0.3, 0.4) is 0 Å². The molecule has 1 aliphatic carbocycles. The van der Waals surface area contributed by atoms with Crippen LogP contribution >= 0.6 is 0 Å². The molecule has 0 bridgehead atoms. The van der Waals surface area contributed by atoms with Crippen LogP contribution in [0.15, 0.2) is 22.4 Å². The van der Waals surface area contributed by atoms with Gasteiger partial charge in [-0.25, -0.2) is 0 Å². The highest BCUT2D eigenvalue weighted by atomic mass is 28.3. The van der Waals surface area contributed by atoms with E-state index in [9.17, 15) is 0 Å². The summed E-state index contributed by atoms with van der Waals surface area (Å²) in [7, 11) is 1.95. The minimum absolute atomic E-state index is 1.02. The molecule has 2 nitrogen and oxygen atoms in total. The molecule has 0 N–H and O–H groups in total. The predicted octanol–water partition coefficient (Wildman–Crippen LogP) is 1.71. The standard InChI is InChI=1S/C9H16O2Si/c1-7-5-6-9(8(7)2)12(10-3)11-4/h5,12H,6H2,1-4H3. The molecular formula is C9H16O2Si. The van der Waals surface area contributed by atoms with E-state index in [1.807, 2.05) is 0 Å². The first-order valence-electron chi connectivity index (χ1n) is 4.13. The first-order chi connectivity index (χ1) is 5.70. The molecule has 0 spiro atoms. The maximum Gasteiger partial charge on any atom is 0.351 e. The van der Waals surface area contributed by atoms with Gasteiger partial charge in [-0.2, -0.15) is 0 Å². The minimum Gasteiger partial charge on any atom is -0.397 e. The summed E-state index contributed by atoms with van der Waals surface area (Å²) in [6.45, 7) is 4.28. The molecule has 0 saturated heterocycles. The summed E-state index contributed by atoms with van der Waals surface area (Å²) < 4.78 is 10.7. The third-order valence-corrected chi connectivity index (χ3v) is 4.51. The molecule has 0 heterocycles. The van der Waals surface area contributed by atoms with Crippen LogP contribution in [0.4, 0.5) is 0 Å².